The van der Waals surface area contributed by atoms with Crippen molar-refractivity contribution in [1.29, 1.82) is 0 Å². The molecule has 0 aliphatic rings. The lowest BCUT2D eigenvalue weighted by atomic mass is 10.2. The molecule has 3 N–H and O–H groups in total. The molecule has 0 atom stereocenters. The second-order valence-electron chi connectivity index (χ2n) is 4.42. The summed E-state index contributed by atoms with van der Waals surface area (Å²) in [5, 5.41) is 23.1. The van der Waals surface area contributed by atoms with Crippen molar-refractivity contribution < 1.29 is 19.7 Å². The smallest absolute Gasteiger partial charge is 0.335 e. The van der Waals surface area contributed by atoms with Gasteiger partial charge in [0.05, 0.1) is 34.1 Å². The number of nitrogens with one attached hydrogen (secondary N) is 1. The van der Waals surface area contributed by atoms with Crippen LogP contribution in [0, 0.1) is 0 Å². The second-order valence-corrected chi connectivity index (χ2v) is 5.68. The molecule has 0 aliphatic carbocycles. The van der Waals surface area contributed by atoms with Crippen LogP contribution in [0.25, 0.3) is 0 Å². The van der Waals surface area contributed by atoms with Crippen LogP contribution in [0.5, 0.6) is 11.5 Å². The molecule has 8 heteroatoms. The van der Waals surface area contributed by atoms with Crippen molar-refractivity contribution in [2.24, 2.45) is 5.10 Å². The number of aromatic carboxylic acids is 1. The highest BCUT2D eigenvalue weighted by Crippen LogP contribution is 2.34. The highest BCUT2D eigenvalue weighted by Gasteiger charge is 2.08. The van der Waals surface area contributed by atoms with Gasteiger partial charge in [-0.2, -0.15) is 5.10 Å². The number of hydrogen-bond donors (Lipinski definition) is 3. The Balaban J connectivity index is 2.21. The topological polar surface area (TPSA) is 91.2 Å². The third-order valence-corrected chi connectivity index (χ3v) is 3.82. The number of phenolic OH excluding ortho intramolecular Hbond substituents is 1. The SMILES string of the molecule is COc1cc(/C=N/Nc2cc(C(=O)O)ccc2Cl)cc(Br)c1O. The summed E-state index contributed by atoms with van der Waals surface area (Å²) in [5.41, 5.74) is 3.81. The molecule has 2 aromatic rings. The molecule has 23 heavy (non-hydrogen) atoms. The predicted octanol–water partition coefficient (Wildman–Crippen LogP) is 3.96. The zero-order valence-electron chi connectivity index (χ0n) is 11.9. The van der Waals surface area contributed by atoms with E-state index in [-0.39, 0.29) is 11.3 Å². The molecule has 0 bridgehead atoms. The molecule has 0 saturated heterocycles. The van der Waals surface area contributed by atoms with Crippen molar-refractivity contribution in [3.05, 3.63) is 51.0 Å². The fraction of sp³-hybridized carbons (Fsp3) is 0.0667. The number of halogens is 2. The molecule has 0 fully saturated rings. The molecule has 2 rings (SSSR count). The Morgan fingerprint density at radius 3 is 2.78 bits per heavy atom. The Kier molecular flexibility index (Phi) is 5.46. The molecule has 120 valence electrons. The molecule has 0 unspecified atom stereocenters. The van der Waals surface area contributed by atoms with E-state index in [2.05, 4.69) is 26.5 Å². The number of methoxy groups -OCH3 is 1. The minimum atomic E-state index is -1.05. The minimum Gasteiger partial charge on any atom is -0.503 e. The van der Waals surface area contributed by atoms with Gasteiger partial charge in [0.15, 0.2) is 11.5 Å². The summed E-state index contributed by atoms with van der Waals surface area (Å²) >= 11 is 9.20. The predicted molar refractivity (Wildman–Crippen MR) is 92.0 cm³/mol. The van der Waals surface area contributed by atoms with Gasteiger partial charge in [0.2, 0.25) is 0 Å². The third kappa shape index (κ3) is 4.14. The van der Waals surface area contributed by atoms with E-state index in [4.69, 9.17) is 21.4 Å². The van der Waals surface area contributed by atoms with Crippen LogP contribution < -0.4 is 10.2 Å². The quantitative estimate of drug-likeness (QED) is 0.523. The van der Waals surface area contributed by atoms with E-state index in [9.17, 15) is 9.90 Å². The van der Waals surface area contributed by atoms with Gasteiger partial charge < -0.3 is 14.9 Å². The molecule has 6 nitrogen and oxygen atoms in total. The van der Waals surface area contributed by atoms with Gasteiger partial charge in [0.25, 0.3) is 0 Å². The molecule has 0 radical (unpaired) electrons. The number of hydrazone groups is 1. The van der Waals surface area contributed by atoms with Crippen LogP contribution in [0.1, 0.15) is 15.9 Å². The number of benzene rings is 2. The number of aromatic hydroxyl groups is 1. The summed E-state index contributed by atoms with van der Waals surface area (Å²) in [5.74, 6) is -0.762. The standard InChI is InChI=1S/C15H12BrClN2O4/c1-23-13-5-8(4-10(16)14(13)20)7-18-19-12-6-9(15(21)22)2-3-11(12)17/h2-7,19-20H,1H3,(H,21,22)/b18-7+. The zero-order valence-corrected chi connectivity index (χ0v) is 14.2. The van der Waals surface area contributed by atoms with Crippen LogP contribution in [-0.2, 0) is 0 Å². The van der Waals surface area contributed by atoms with E-state index in [1.54, 1.807) is 12.1 Å². The highest BCUT2D eigenvalue weighted by atomic mass is 79.9. The lowest BCUT2D eigenvalue weighted by Crippen LogP contribution is -1.98. The minimum absolute atomic E-state index is 0.00480. The van der Waals surface area contributed by atoms with Crippen molar-refractivity contribution in [1.82, 2.24) is 0 Å². The van der Waals surface area contributed by atoms with Crippen molar-refractivity contribution in [3.8, 4) is 11.5 Å². The summed E-state index contributed by atoms with van der Waals surface area (Å²) in [6.45, 7) is 0. The zero-order chi connectivity index (χ0) is 17.0. The van der Waals surface area contributed by atoms with Crippen LogP contribution in [0.15, 0.2) is 39.9 Å². The van der Waals surface area contributed by atoms with Gasteiger partial charge in [-0.15, -0.1) is 0 Å². The van der Waals surface area contributed by atoms with Crippen LogP contribution in [0.2, 0.25) is 5.02 Å². The van der Waals surface area contributed by atoms with Crippen LogP contribution >= 0.6 is 27.5 Å². The van der Waals surface area contributed by atoms with Gasteiger partial charge in [-0.05, 0) is 51.8 Å². The fourth-order valence-corrected chi connectivity index (χ4v) is 2.36. The monoisotopic (exact) mass is 398 g/mol. The summed E-state index contributed by atoms with van der Waals surface area (Å²) in [6, 6.07) is 7.51. The number of anilines is 1. The first-order chi connectivity index (χ1) is 10.9. The number of carboxylic acid groups (broad SMARTS) is 1. The molecule has 0 aromatic heterocycles. The molecule has 0 aliphatic heterocycles. The summed E-state index contributed by atoms with van der Waals surface area (Å²) in [6.07, 6.45) is 1.48. The van der Waals surface area contributed by atoms with Gasteiger partial charge in [-0.25, -0.2) is 4.79 Å². The van der Waals surface area contributed by atoms with Gasteiger partial charge in [-0.1, -0.05) is 11.6 Å². The Morgan fingerprint density at radius 2 is 2.13 bits per heavy atom. The first-order valence-corrected chi connectivity index (χ1v) is 7.48. The van der Waals surface area contributed by atoms with Gasteiger partial charge in [0.1, 0.15) is 0 Å². The number of carbonyl (C=O) groups is 1. The van der Waals surface area contributed by atoms with E-state index in [1.165, 1.54) is 31.5 Å². The summed E-state index contributed by atoms with van der Waals surface area (Å²) in [4.78, 5) is 10.9. The van der Waals surface area contributed by atoms with Crippen molar-refractivity contribution in [2.45, 2.75) is 0 Å². The second kappa shape index (κ2) is 7.34. The van der Waals surface area contributed by atoms with Crippen LogP contribution in [0.3, 0.4) is 0 Å². The Hall–Kier alpha value is -2.25. The molecular weight excluding hydrogens is 388 g/mol. The maximum absolute atomic E-state index is 10.9. The molecule has 0 saturated carbocycles. The number of hydrogen-bond acceptors (Lipinski definition) is 5. The first-order valence-electron chi connectivity index (χ1n) is 6.30. The average molecular weight is 400 g/mol. The van der Waals surface area contributed by atoms with Gasteiger partial charge in [-0.3, -0.25) is 5.43 Å². The largest absolute Gasteiger partial charge is 0.503 e. The molecule has 0 heterocycles. The fourth-order valence-electron chi connectivity index (χ4n) is 1.74. The number of nitrogens with zero attached hydrogens (tertiary/aromatic N) is 1. The number of rotatable bonds is 5. The van der Waals surface area contributed by atoms with Gasteiger partial charge >= 0.3 is 5.97 Å². The number of phenols is 1. The van der Waals surface area contributed by atoms with E-state index >= 15 is 0 Å². The number of ether oxygens (including phenoxy) is 1. The lowest BCUT2D eigenvalue weighted by molar-refractivity contribution is 0.0697. The lowest BCUT2D eigenvalue weighted by Gasteiger charge is -2.07. The Morgan fingerprint density at radius 1 is 1.39 bits per heavy atom. The summed E-state index contributed by atoms with van der Waals surface area (Å²) < 4.78 is 5.51. The molecule has 2 aromatic carbocycles. The van der Waals surface area contributed by atoms with E-state index in [0.29, 0.717) is 26.5 Å². The van der Waals surface area contributed by atoms with E-state index in [0.717, 1.165) is 0 Å². The van der Waals surface area contributed by atoms with Crippen LogP contribution in [0.4, 0.5) is 5.69 Å². The van der Waals surface area contributed by atoms with Crippen molar-refractivity contribution in [3.63, 3.8) is 0 Å². The first kappa shape index (κ1) is 17.1. The average Bonchev–Trinajstić information content (AvgIpc) is 2.52. The highest BCUT2D eigenvalue weighted by molar-refractivity contribution is 9.10. The molecule has 0 spiro atoms. The van der Waals surface area contributed by atoms with E-state index in [1.807, 2.05) is 0 Å². The Bertz CT molecular complexity index is 780. The van der Waals surface area contributed by atoms with Crippen molar-refractivity contribution in [2.75, 3.05) is 12.5 Å². The Labute approximate surface area is 145 Å². The maximum atomic E-state index is 10.9. The van der Waals surface area contributed by atoms with Crippen LogP contribution in [-0.4, -0.2) is 29.5 Å². The normalized spacial score (nSPS) is 10.7. The number of carboxylic acids is 1. The van der Waals surface area contributed by atoms with Crippen molar-refractivity contribution >= 4 is 45.4 Å². The summed E-state index contributed by atoms with van der Waals surface area (Å²) in [7, 11) is 1.44. The van der Waals surface area contributed by atoms with E-state index < -0.39 is 5.97 Å². The molecule has 0 amide bonds. The maximum Gasteiger partial charge on any atom is 0.335 e. The molecular formula is C15H12BrClN2O4. The third-order valence-electron chi connectivity index (χ3n) is 2.88. The van der Waals surface area contributed by atoms with Gasteiger partial charge in [0, 0.05) is 0 Å².